The molecule has 16 heavy (non-hydrogen) atoms. The Kier molecular flexibility index (Phi) is 4.52. The summed E-state index contributed by atoms with van der Waals surface area (Å²) in [4.78, 5) is 5.63. The molecule has 0 spiro atoms. The summed E-state index contributed by atoms with van der Waals surface area (Å²) >= 11 is 6.92. The number of halogens is 1. The van der Waals surface area contributed by atoms with Crippen LogP contribution in [-0.2, 0) is 6.42 Å². The highest BCUT2D eigenvalue weighted by atomic mass is 79.9. The normalized spacial score (nSPS) is 12.9. The summed E-state index contributed by atoms with van der Waals surface area (Å²) in [5.74, 6) is 0. The number of nitrogens with one attached hydrogen (secondary N) is 1. The maximum atomic E-state index is 4.26. The first-order valence-corrected chi connectivity index (χ1v) is 7.66. The van der Waals surface area contributed by atoms with Gasteiger partial charge >= 0.3 is 0 Å². The molecule has 0 aromatic carbocycles. The Balaban J connectivity index is 1.78. The van der Waals surface area contributed by atoms with Crippen LogP contribution in [0.1, 0.15) is 23.5 Å². The van der Waals surface area contributed by atoms with Gasteiger partial charge in [-0.3, -0.25) is 0 Å². The molecular formula is C11H13BrN2S2. The van der Waals surface area contributed by atoms with E-state index < -0.39 is 0 Å². The number of nitrogens with zero attached hydrogens (tertiary/aromatic N) is 1. The van der Waals surface area contributed by atoms with Gasteiger partial charge in [0, 0.05) is 29.3 Å². The fourth-order valence-corrected chi connectivity index (χ4v) is 3.48. The largest absolute Gasteiger partial charge is 0.309 e. The monoisotopic (exact) mass is 316 g/mol. The van der Waals surface area contributed by atoms with Gasteiger partial charge in [0.15, 0.2) is 0 Å². The minimum absolute atomic E-state index is 0.412. The molecule has 0 aliphatic rings. The van der Waals surface area contributed by atoms with Crippen molar-refractivity contribution in [1.82, 2.24) is 10.3 Å². The molecule has 1 atom stereocenters. The van der Waals surface area contributed by atoms with Gasteiger partial charge in [-0.15, -0.1) is 22.7 Å². The van der Waals surface area contributed by atoms with Crippen LogP contribution >= 0.6 is 38.6 Å². The van der Waals surface area contributed by atoms with Crippen molar-refractivity contribution in [1.29, 1.82) is 0 Å². The van der Waals surface area contributed by atoms with E-state index in [9.17, 15) is 0 Å². The van der Waals surface area contributed by atoms with E-state index in [1.165, 1.54) is 14.4 Å². The summed E-state index contributed by atoms with van der Waals surface area (Å²) in [6.07, 6.45) is 1.00. The average Bonchev–Trinajstić information content (AvgIpc) is 2.89. The molecule has 1 unspecified atom stereocenters. The van der Waals surface area contributed by atoms with Crippen molar-refractivity contribution in [3.05, 3.63) is 37.4 Å². The Morgan fingerprint density at radius 3 is 3.00 bits per heavy atom. The predicted molar refractivity (Wildman–Crippen MR) is 74.3 cm³/mol. The lowest BCUT2D eigenvalue weighted by Crippen LogP contribution is -2.20. The molecule has 2 heterocycles. The summed E-state index contributed by atoms with van der Waals surface area (Å²) in [6, 6.07) is 4.67. The van der Waals surface area contributed by atoms with E-state index in [-0.39, 0.29) is 0 Å². The van der Waals surface area contributed by atoms with Crippen molar-refractivity contribution in [3.63, 3.8) is 0 Å². The van der Waals surface area contributed by atoms with Crippen LogP contribution in [-0.4, -0.2) is 11.5 Å². The van der Waals surface area contributed by atoms with Crippen LogP contribution in [0.4, 0.5) is 0 Å². The minimum Gasteiger partial charge on any atom is -0.309 e. The van der Waals surface area contributed by atoms with Gasteiger partial charge in [-0.25, -0.2) is 4.98 Å². The Labute approximate surface area is 112 Å². The standard InChI is InChI=1S/C11H13BrN2S2/c1-8(10-2-3-11(12)16-10)13-5-4-9-6-15-7-14-9/h2-3,6-8,13H,4-5H2,1H3. The smallest absolute Gasteiger partial charge is 0.0794 e. The average molecular weight is 317 g/mol. The van der Waals surface area contributed by atoms with E-state index in [1.54, 1.807) is 22.7 Å². The van der Waals surface area contributed by atoms with Crippen LogP contribution in [0.15, 0.2) is 26.8 Å². The highest BCUT2D eigenvalue weighted by Gasteiger charge is 2.07. The van der Waals surface area contributed by atoms with E-state index in [2.05, 4.69) is 50.7 Å². The molecule has 2 aromatic heterocycles. The molecule has 2 aromatic rings. The third-order valence-corrected chi connectivity index (χ3v) is 4.78. The number of hydrogen-bond acceptors (Lipinski definition) is 4. The first-order valence-electron chi connectivity index (χ1n) is 5.11. The summed E-state index contributed by atoms with van der Waals surface area (Å²) in [6.45, 7) is 3.17. The fourth-order valence-electron chi connectivity index (χ4n) is 1.44. The third-order valence-electron chi connectivity index (χ3n) is 2.34. The summed E-state index contributed by atoms with van der Waals surface area (Å²) in [5.41, 5.74) is 3.06. The van der Waals surface area contributed by atoms with E-state index >= 15 is 0 Å². The summed E-state index contributed by atoms with van der Waals surface area (Å²) in [5, 5.41) is 5.61. The Hall–Kier alpha value is -0.230. The van der Waals surface area contributed by atoms with Gasteiger partial charge in [-0.2, -0.15) is 0 Å². The second-order valence-corrected chi connectivity index (χ2v) is 6.76. The lowest BCUT2D eigenvalue weighted by molar-refractivity contribution is 0.582. The number of thiophene rings is 1. The zero-order chi connectivity index (χ0) is 11.4. The summed E-state index contributed by atoms with van der Waals surface area (Å²) in [7, 11) is 0. The molecule has 2 nitrogen and oxygen atoms in total. The molecule has 0 aliphatic heterocycles. The van der Waals surface area contributed by atoms with Crippen LogP contribution in [0, 0.1) is 0 Å². The lowest BCUT2D eigenvalue weighted by Gasteiger charge is -2.10. The molecule has 1 N–H and O–H groups in total. The predicted octanol–water partition coefficient (Wildman–Crippen LogP) is 3.86. The molecule has 86 valence electrons. The van der Waals surface area contributed by atoms with E-state index in [0.717, 1.165) is 13.0 Å². The maximum Gasteiger partial charge on any atom is 0.0794 e. The highest BCUT2D eigenvalue weighted by molar-refractivity contribution is 9.11. The molecule has 5 heteroatoms. The van der Waals surface area contributed by atoms with Crippen molar-refractivity contribution in [2.75, 3.05) is 6.54 Å². The molecule has 0 fully saturated rings. The molecule has 0 saturated carbocycles. The molecule has 0 aliphatic carbocycles. The van der Waals surface area contributed by atoms with Crippen LogP contribution < -0.4 is 5.32 Å². The molecule has 0 amide bonds. The van der Waals surface area contributed by atoms with Gasteiger partial charge in [-0.1, -0.05) is 0 Å². The van der Waals surface area contributed by atoms with Gasteiger partial charge < -0.3 is 5.32 Å². The number of thiazole rings is 1. The topological polar surface area (TPSA) is 24.9 Å². The second-order valence-electron chi connectivity index (χ2n) is 3.55. The number of rotatable bonds is 5. The maximum absolute atomic E-state index is 4.26. The second kappa shape index (κ2) is 5.91. The van der Waals surface area contributed by atoms with Crippen LogP contribution in [0.3, 0.4) is 0 Å². The quantitative estimate of drug-likeness (QED) is 0.906. The van der Waals surface area contributed by atoms with Gasteiger partial charge in [0.2, 0.25) is 0 Å². The molecule has 2 rings (SSSR count). The SMILES string of the molecule is CC(NCCc1cscn1)c1ccc(Br)s1. The van der Waals surface area contributed by atoms with Crippen molar-refractivity contribution in [2.45, 2.75) is 19.4 Å². The zero-order valence-electron chi connectivity index (χ0n) is 8.94. The zero-order valence-corrected chi connectivity index (χ0v) is 12.2. The van der Waals surface area contributed by atoms with Crippen molar-refractivity contribution in [3.8, 4) is 0 Å². The number of hydrogen-bond donors (Lipinski definition) is 1. The van der Waals surface area contributed by atoms with Crippen molar-refractivity contribution in [2.24, 2.45) is 0 Å². The van der Waals surface area contributed by atoms with Gasteiger partial charge in [0.1, 0.15) is 0 Å². The molecular weight excluding hydrogens is 304 g/mol. The van der Waals surface area contributed by atoms with E-state index in [0.29, 0.717) is 6.04 Å². The minimum atomic E-state index is 0.412. The Bertz CT molecular complexity index is 425. The molecule has 0 bridgehead atoms. The third kappa shape index (κ3) is 3.38. The lowest BCUT2D eigenvalue weighted by atomic mass is 10.2. The van der Waals surface area contributed by atoms with Gasteiger partial charge in [0.25, 0.3) is 0 Å². The van der Waals surface area contributed by atoms with E-state index in [1.807, 2.05) is 5.51 Å². The molecule has 0 radical (unpaired) electrons. The van der Waals surface area contributed by atoms with Crippen molar-refractivity contribution < 1.29 is 0 Å². The van der Waals surface area contributed by atoms with Crippen molar-refractivity contribution >= 4 is 38.6 Å². The van der Waals surface area contributed by atoms with Gasteiger partial charge in [-0.05, 0) is 35.0 Å². The molecule has 0 saturated heterocycles. The Morgan fingerprint density at radius 2 is 2.38 bits per heavy atom. The highest BCUT2D eigenvalue weighted by Crippen LogP contribution is 2.26. The van der Waals surface area contributed by atoms with Gasteiger partial charge in [0.05, 0.1) is 15.0 Å². The first-order chi connectivity index (χ1) is 7.75. The summed E-state index contributed by atoms with van der Waals surface area (Å²) < 4.78 is 1.19. The van der Waals surface area contributed by atoms with Crippen LogP contribution in [0.25, 0.3) is 0 Å². The van der Waals surface area contributed by atoms with E-state index in [4.69, 9.17) is 0 Å². The van der Waals surface area contributed by atoms with Crippen LogP contribution in [0.5, 0.6) is 0 Å². The number of aromatic nitrogens is 1. The Morgan fingerprint density at radius 1 is 1.50 bits per heavy atom. The van der Waals surface area contributed by atoms with Crippen LogP contribution in [0.2, 0.25) is 0 Å². The fraction of sp³-hybridized carbons (Fsp3) is 0.364. The first kappa shape index (κ1) is 12.2.